The predicted molar refractivity (Wildman–Crippen MR) is 77.8 cm³/mol. The first-order valence-corrected chi connectivity index (χ1v) is 6.73. The fraction of sp³-hybridized carbons (Fsp3) is 0.133. The van der Waals surface area contributed by atoms with Gasteiger partial charge in [-0.05, 0) is 11.1 Å². The summed E-state index contributed by atoms with van der Waals surface area (Å²) in [6, 6.07) is 22.9. The van der Waals surface area contributed by atoms with Crippen LogP contribution in [0.5, 0.6) is 0 Å². The highest BCUT2D eigenvalue weighted by Gasteiger charge is 2.14. The van der Waals surface area contributed by atoms with E-state index in [9.17, 15) is 5.21 Å². The van der Waals surface area contributed by atoms with E-state index in [4.69, 9.17) is 0 Å². The SMILES string of the molecule is [O-][N+]#CCSC(c1ccccc1)c1ccccc1. The third-order valence-corrected chi connectivity index (χ3v) is 3.76. The van der Waals surface area contributed by atoms with Gasteiger partial charge in [-0.2, -0.15) is 0 Å². The van der Waals surface area contributed by atoms with Crippen LogP contribution in [0.1, 0.15) is 16.4 Å². The normalized spacial score (nSPS) is 9.83. The molecule has 0 radical (unpaired) electrons. The van der Waals surface area contributed by atoms with Gasteiger partial charge in [-0.15, -0.1) is 11.8 Å². The molecule has 0 aliphatic rings. The highest BCUT2D eigenvalue weighted by atomic mass is 32.2. The lowest BCUT2D eigenvalue weighted by Gasteiger charge is -2.15. The van der Waals surface area contributed by atoms with Crippen molar-refractivity contribution in [1.29, 1.82) is 0 Å². The molecule has 0 unspecified atom stereocenters. The van der Waals surface area contributed by atoms with E-state index in [0.29, 0.717) is 5.75 Å². The van der Waals surface area contributed by atoms with E-state index in [1.54, 1.807) is 11.8 Å². The van der Waals surface area contributed by atoms with Crippen LogP contribution in [0.4, 0.5) is 0 Å². The molecular weight excluding hydrogens is 242 g/mol. The van der Waals surface area contributed by atoms with Crippen LogP contribution in [0.15, 0.2) is 60.7 Å². The lowest BCUT2D eigenvalue weighted by Crippen LogP contribution is -1.97. The van der Waals surface area contributed by atoms with E-state index < -0.39 is 0 Å². The summed E-state index contributed by atoms with van der Waals surface area (Å²) < 4.78 is 0. The van der Waals surface area contributed by atoms with Gasteiger partial charge in [0.05, 0.1) is 5.25 Å². The van der Waals surface area contributed by atoms with E-state index >= 15 is 0 Å². The summed E-state index contributed by atoms with van der Waals surface area (Å²) in [7, 11) is 0. The molecule has 0 aliphatic heterocycles. The summed E-state index contributed by atoms with van der Waals surface area (Å²) in [6.45, 7) is 0. The third kappa shape index (κ3) is 3.28. The Bertz CT molecular complexity index is 491. The van der Waals surface area contributed by atoms with Gasteiger partial charge in [0.1, 0.15) is 5.75 Å². The molecule has 0 bridgehead atoms. The van der Waals surface area contributed by atoms with Crippen LogP contribution < -0.4 is 0 Å². The van der Waals surface area contributed by atoms with Crippen molar-refractivity contribution < 1.29 is 0 Å². The van der Waals surface area contributed by atoms with Crippen LogP contribution in [-0.4, -0.2) is 5.75 Å². The number of hydrogen-bond donors (Lipinski definition) is 0. The maximum atomic E-state index is 10.1. The molecule has 2 rings (SSSR count). The highest BCUT2D eigenvalue weighted by molar-refractivity contribution is 7.99. The summed E-state index contributed by atoms with van der Waals surface area (Å²) in [5.41, 5.74) is 2.45. The van der Waals surface area contributed by atoms with E-state index in [1.807, 2.05) is 36.4 Å². The van der Waals surface area contributed by atoms with Crippen molar-refractivity contribution in [3.63, 3.8) is 0 Å². The highest BCUT2D eigenvalue weighted by Crippen LogP contribution is 2.34. The second-order valence-corrected chi connectivity index (χ2v) is 4.86. The molecule has 0 N–H and O–H groups in total. The zero-order valence-electron chi connectivity index (χ0n) is 9.82. The second kappa shape index (κ2) is 6.73. The number of hydrogen-bond acceptors (Lipinski definition) is 2. The molecule has 2 aromatic carbocycles. The summed E-state index contributed by atoms with van der Waals surface area (Å²) in [5, 5.41) is 13.0. The molecule has 0 saturated heterocycles. The Morgan fingerprint density at radius 2 is 1.44 bits per heavy atom. The van der Waals surface area contributed by atoms with E-state index in [2.05, 4.69) is 35.3 Å². The molecule has 3 heteroatoms. The first kappa shape index (κ1) is 12.5. The zero-order valence-corrected chi connectivity index (χ0v) is 10.6. The van der Waals surface area contributed by atoms with Gasteiger partial charge < -0.3 is 5.21 Å². The Kier molecular flexibility index (Phi) is 4.68. The standard InChI is InChI=1S/C15H13NOS/c17-16-11-12-18-15(13-7-3-1-4-8-13)14-9-5-2-6-10-14/h1-10,15H,12H2. The quantitative estimate of drug-likeness (QED) is 0.760. The molecule has 0 aliphatic carbocycles. The summed E-state index contributed by atoms with van der Waals surface area (Å²) in [4.78, 5) is 0. The van der Waals surface area contributed by atoms with Crippen LogP contribution in [0.2, 0.25) is 0 Å². The molecule has 0 aromatic heterocycles. The second-order valence-electron chi connectivity index (χ2n) is 3.76. The van der Waals surface area contributed by atoms with Crippen LogP contribution in [-0.2, 0) is 0 Å². The molecule has 0 heterocycles. The van der Waals surface area contributed by atoms with Gasteiger partial charge in [0.25, 0.3) is 0 Å². The molecule has 0 spiro atoms. The number of benzene rings is 2. The first-order valence-electron chi connectivity index (χ1n) is 5.68. The predicted octanol–water partition coefficient (Wildman–Crippen LogP) is 4.34. The lowest BCUT2D eigenvalue weighted by molar-refractivity contribution is 1.16. The van der Waals surface area contributed by atoms with E-state index in [1.165, 1.54) is 11.1 Å². The summed E-state index contributed by atoms with van der Waals surface area (Å²) in [5.74, 6) is 0.498. The van der Waals surface area contributed by atoms with Gasteiger partial charge in [-0.3, -0.25) is 0 Å². The molecule has 90 valence electrons. The smallest absolute Gasteiger partial charge is 0.309 e. The minimum atomic E-state index is 0.210. The molecule has 0 saturated carbocycles. The van der Waals surface area contributed by atoms with Crippen LogP contribution >= 0.6 is 11.8 Å². The number of rotatable bonds is 4. The lowest BCUT2D eigenvalue weighted by atomic mass is 10.0. The average Bonchev–Trinajstić information content (AvgIpc) is 2.46. The van der Waals surface area contributed by atoms with Gasteiger partial charge >= 0.3 is 6.07 Å². The number of nitrogens with zero attached hydrogens (tertiary/aromatic N) is 1. The largest absolute Gasteiger partial charge is 0.498 e. The van der Waals surface area contributed by atoms with Crippen LogP contribution in [0, 0.1) is 11.3 Å². The van der Waals surface area contributed by atoms with Crippen molar-refractivity contribution in [3.05, 3.63) is 82.0 Å². The molecule has 2 aromatic rings. The van der Waals surface area contributed by atoms with E-state index in [-0.39, 0.29) is 5.25 Å². The van der Waals surface area contributed by atoms with Crippen molar-refractivity contribution in [2.75, 3.05) is 5.75 Å². The van der Waals surface area contributed by atoms with Gasteiger partial charge in [0, 0.05) is 5.01 Å². The molecule has 18 heavy (non-hydrogen) atoms. The molecular formula is C15H13NOS. The van der Waals surface area contributed by atoms with Crippen molar-refractivity contribution in [2.24, 2.45) is 0 Å². The van der Waals surface area contributed by atoms with Crippen molar-refractivity contribution >= 4 is 11.8 Å². The average molecular weight is 255 g/mol. The fourth-order valence-electron chi connectivity index (χ4n) is 1.79. The van der Waals surface area contributed by atoms with Crippen LogP contribution in [0.25, 0.3) is 5.01 Å². The van der Waals surface area contributed by atoms with Gasteiger partial charge in [-0.25, -0.2) is 0 Å². The van der Waals surface area contributed by atoms with Crippen molar-refractivity contribution in [2.45, 2.75) is 5.25 Å². The Balaban J connectivity index is 2.25. The zero-order chi connectivity index (χ0) is 12.6. The van der Waals surface area contributed by atoms with Gasteiger partial charge in [0.2, 0.25) is 0 Å². The van der Waals surface area contributed by atoms with Gasteiger partial charge in [-0.1, -0.05) is 60.7 Å². The summed E-state index contributed by atoms with van der Waals surface area (Å²) >= 11 is 1.65. The first-order chi connectivity index (χ1) is 8.92. The van der Waals surface area contributed by atoms with E-state index in [0.717, 1.165) is 0 Å². The minimum Gasteiger partial charge on any atom is -0.498 e. The molecule has 0 atom stereocenters. The molecule has 0 fully saturated rings. The minimum absolute atomic E-state index is 0.210. The van der Waals surface area contributed by atoms with Crippen molar-refractivity contribution in [1.82, 2.24) is 0 Å². The maximum absolute atomic E-state index is 10.1. The Labute approximate surface area is 111 Å². The molecule has 2 nitrogen and oxygen atoms in total. The van der Waals surface area contributed by atoms with Crippen LogP contribution in [0.3, 0.4) is 0 Å². The van der Waals surface area contributed by atoms with Crippen molar-refractivity contribution in [3.8, 4) is 6.07 Å². The monoisotopic (exact) mass is 255 g/mol. The third-order valence-electron chi connectivity index (χ3n) is 2.58. The molecule has 0 amide bonds. The Morgan fingerprint density at radius 1 is 0.944 bits per heavy atom. The fourth-order valence-corrected chi connectivity index (χ4v) is 2.78. The Morgan fingerprint density at radius 3 is 1.89 bits per heavy atom. The van der Waals surface area contributed by atoms with Gasteiger partial charge in [0.15, 0.2) is 0 Å². The summed E-state index contributed by atoms with van der Waals surface area (Å²) in [6.07, 6.45) is 0. The Hall–Kier alpha value is -1.92. The topological polar surface area (TPSA) is 27.4 Å². The maximum Gasteiger partial charge on any atom is 0.309 e. The number of thioether (sulfide) groups is 1.